The lowest BCUT2D eigenvalue weighted by Gasteiger charge is -2.10. The fourth-order valence-electron chi connectivity index (χ4n) is 2.33. The molecule has 1 heterocycles. The van der Waals surface area contributed by atoms with Gasteiger partial charge in [0.05, 0.1) is 19.2 Å². The summed E-state index contributed by atoms with van der Waals surface area (Å²) in [7, 11) is 0. The van der Waals surface area contributed by atoms with E-state index in [1.54, 1.807) is 6.21 Å². The summed E-state index contributed by atoms with van der Waals surface area (Å²) in [6.45, 7) is 6.67. The average molecular weight is 363 g/mol. The number of aryl methyl sites for hydroxylation is 2. The number of nitrogens with one attached hydrogen (secondary N) is 1. The van der Waals surface area contributed by atoms with Crippen molar-refractivity contribution < 1.29 is 19.4 Å². The van der Waals surface area contributed by atoms with Gasteiger partial charge < -0.3 is 15.2 Å². The van der Waals surface area contributed by atoms with Crippen LogP contribution in [0.15, 0.2) is 22.3 Å². The molecule has 2 N–H and O–H groups in total. The van der Waals surface area contributed by atoms with Crippen LogP contribution in [0.1, 0.15) is 36.5 Å². The second-order valence-electron chi connectivity index (χ2n) is 5.66. The van der Waals surface area contributed by atoms with E-state index in [9.17, 15) is 9.59 Å². The molecule has 0 saturated carbocycles. The first-order chi connectivity index (χ1) is 11.9. The molecule has 0 radical (unpaired) electrons. The maximum atomic E-state index is 11.6. The number of carbonyl (C=O) groups excluding carboxylic acids is 1. The summed E-state index contributed by atoms with van der Waals surface area (Å²) in [5.74, 6) is -0.546. The predicted octanol–water partition coefficient (Wildman–Crippen LogP) is 2.49. The lowest BCUT2D eigenvalue weighted by molar-refractivity contribution is -0.138. The van der Waals surface area contributed by atoms with E-state index in [1.807, 2.05) is 26.0 Å². The maximum Gasteiger partial charge on any atom is 0.305 e. The third-order valence-corrected chi connectivity index (χ3v) is 4.58. The molecule has 1 saturated heterocycles. The number of carbonyl (C=O) groups is 2. The average Bonchev–Trinajstić information content (AvgIpc) is 2.87. The smallest absolute Gasteiger partial charge is 0.305 e. The van der Waals surface area contributed by atoms with E-state index in [1.165, 1.54) is 0 Å². The number of hydrogen-bond acceptors (Lipinski definition) is 6. The molecule has 2 rings (SSSR count). The highest BCUT2D eigenvalue weighted by atomic mass is 32.2. The molecule has 1 unspecified atom stereocenters. The lowest BCUT2D eigenvalue weighted by Crippen LogP contribution is -2.26. The molecule has 1 amide bonds. The van der Waals surface area contributed by atoms with Gasteiger partial charge in [0, 0.05) is 5.56 Å². The highest BCUT2D eigenvalue weighted by Crippen LogP contribution is 2.23. The van der Waals surface area contributed by atoms with E-state index in [2.05, 4.69) is 22.4 Å². The summed E-state index contributed by atoms with van der Waals surface area (Å²) in [5.41, 5.74) is 2.97. The number of nitrogens with zero attached hydrogens (tertiary/aromatic N) is 2. The van der Waals surface area contributed by atoms with Gasteiger partial charge in [-0.3, -0.25) is 9.59 Å². The van der Waals surface area contributed by atoms with Crippen molar-refractivity contribution in [1.82, 2.24) is 5.32 Å². The van der Waals surface area contributed by atoms with Crippen molar-refractivity contribution in [1.29, 1.82) is 0 Å². The Labute approximate surface area is 150 Å². The van der Waals surface area contributed by atoms with Crippen molar-refractivity contribution in [3.8, 4) is 5.75 Å². The van der Waals surface area contributed by atoms with Gasteiger partial charge >= 0.3 is 5.97 Å². The zero-order valence-corrected chi connectivity index (χ0v) is 15.2. The molecular formula is C17H21N3O4S. The van der Waals surface area contributed by atoms with Crippen molar-refractivity contribution in [3.63, 3.8) is 0 Å². The SMILES string of the molecule is CCCOc1cc(C)c(C=NN=C2NC(=O)C(CC(=O)O)S2)c(C)c1. The summed E-state index contributed by atoms with van der Waals surface area (Å²) < 4.78 is 5.64. The number of benzene rings is 1. The van der Waals surface area contributed by atoms with Gasteiger partial charge in [-0.1, -0.05) is 18.7 Å². The number of carboxylic acid groups (broad SMARTS) is 1. The minimum absolute atomic E-state index is 0.239. The van der Waals surface area contributed by atoms with Gasteiger partial charge in [-0.05, 0) is 43.5 Å². The first-order valence-corrected chi connectivity index (χ1v) is 8.83. The molecule has 1 aromatic rings. The van der Waals surface area contributed by atoms with Crippen LogP contribution in [0.25, 0.3) is 0 Å². The normalized spacial score (nSPS) is 18.8. The number of amides is 1. The summed E-state index contributed by atoms with van der Waals surface area (Å²) in [6, 6.07) is 3.90. The minimum Gasteiger partial charge on any atom is -0.494 e. The van der Waals surface area contributed by atoms with E-state index >= 15 is 0 Å². The topological polar surface area (TPSA) is 100 Å². The van der Waals surface area contributed by atoms with E-state index in [-0.39, 0.29) is 12.3 Å². The highest BCUT2D eigenvalue weighted by Gasteiger charge is 2.32. The van der Waals surface area contributed by atoms with Crippen molar-refractivity contribution in [2.75, 3.05) is 6.61 Å². The van der Waals surface area contributed by atoms with E-state index in [0.29, 0.717) is 11.8 Å². The molecule has 1 aliphatic heterocycles. The number of hydrogen-bond donors (Lipinski definition) is 2. The van der Waals surface area contributed by atoms with Crippen molar-refractivity contribution >= 4 is 35.0 Å². The Bertz CT molecular complexity index is 708. The van der Waals surface area contributed by atoms with E-state index < -0.39 is 11.2 Å². The first-order valence-electron chi connectivity index (χ1n) is 7.95. The Balaban J connectivity index is 2.07. The van der Waals surface area contributed by atoms with Crippen LogP contribution in [0, 0.1) is 13.8 Å². The summed E-state index contributed by atoms with van der Waals surface area (Å²) in [4.78, 5) is 22.3. The standard InChI is InChI=1S/C17H21N3O4S/c1-4-5-24-12-6-10(2)13(11(3)7-12)9-18-20-17-19-16(23)14(25-17)8-15(21)22/h6-7,9,14H,4-5,8H2,1-3H3,(H,21,22)(H,19,20,23). The molecule has 1 aromatic carbocycles. The van der Waals surface area contributed by atoms with Gasteiger partial charge in [-0.15, -0.1) is 5.10 Å². The van der Waals surface area contributed by atoms with Crippen LogP contribution in [0.3, 0.4) is 0 Å². The fraction of sp³-hybridized carbons (Fsp3) is 0.412. The second-order valence-corrected chi connectivity index (χ2v) is 6.85. The van der Waals surface area contributed by atoms with Crippen LogP contribution in [0.4, 0.5) is 0 Å². The van der Waals surface area contributed by atoms with E-state index in [0.717, 1.165) is 40.6 Å². The quantitative estimate of drug-likeness (QED) is 0.573. The summed E-state index contributed by atoms with van der Waals surface area (Å²) in [5, 5.41) is 18.9. The van der Waals surface area contributed by atoms with Crippen LogP contribution in [-0.4, -0.2) is 40.2 Å². The Morgan fingerprint density at radius 1 is 1.40 bits per heavy atom. The van der Waals surface area contributed by atoms with Crippen molar-refractivity contribution in [2.24, 2.45) is 10.2 Å². The van der Waals surface area contributed by atoms with E-state index in [4.69, 9.17) is 9.84 Å². The number of carboxylic acids is 1. The number of thioether (sulfide) groups is 1. The second kappa shape index (κ2) is 8.66. The number of rotatable bonds is 7. The molecule has 25 heavy (non-hydrogen) atoms. The molecule has 1 atom stereocenters. The van der Waals surface area contributed by atoms with Crippen LogP contribution in [0.5, 0.6) is 5.75 Å². The molecule has 0 aliphatic carbocycles. The van der Waals surface area contributed by atoms with Gasteiger partial charge in [0.25, 0.3) is 0 Å². The third kappa shape index (κ3) is 5.32. The van der Waals surface area contributed by atoms with Crippen molar-refractivity contribution in [2.45, 2.75) is 38.9 Å². The van der Waals surface area contributed by atoms with Gasteiger partial charge in [-0.25, -0.2) is 0 Å². The molecule has 1 aliphatic rings. The molecule has 0 aromatic heterocycles. The first kappa shape index (κ1) is 19.0. The number of amidine groups is 1. The zero-order chi connectivity index (χ0) is 18.4. The predicted molar refractivity (Wildman–Crippen MR) is 98.5 cm³/mol. The summed E-state index contributed by atoms with van der Waals surface area (Å²) >= 11 is 1.08. The molecule has 0 spiro atoms. The number of ether oxygens (including phenoxy) is 1. The Morgan fingerprint density at radius 2 is 2.08 bits per heavy atom. The molecule has 0 bridgehead atoms. The molecular weight excluding hydrogens is 342 g/mol. The Kier molecular flexibility index (Phi) is 6.58. The third-order valence-electron chi connectivity index (χ3n) is 3.51. The number of aliphatic carboxylic acids is 1. The minimum atomic E-state index is -1.02. The highest BCUT2D eigenvalue weighted by molar-refractivity contribution is 8.15. The molecule has 134 valence electrons. The van der Waals surface area contributed by atoms with Gasteiger partial charge in [0.2, 0.25) is 5.91 Å². The lowest BCUT2D eigenvalue weighted by atomic mass is 10.0. The largest absolute Gasteiger partial charge is 0.494 e. The molecule has 8 heteroatoms. The van der Waals surface area contributed by atoms with Crippen molar-refractivity contribution in [3.05, 3.63) is 28.8 Å². The zero-order valence-electron chi connectivity index (χ0n) is 14.4. The van der Waals surface area contributed by atoms with Gasteiger partial charge in [0.1, 0.15) is 11.0 Å². The summed E-state index contributed by atoms with van der Waals surface area (Å²) in [6.07, 6.45) is 2.33. The van der Waals surface area contributed by atoms with Gasteiger partial charge in [-0.2, -0.15) is 5.10 Å². The fourth-order valence-corrected chi connectivity index (χ4v) is 3.24. The van der Waals surface area contributed by atoms with Crippen LogP contribution < -0.4 is 10.1 Å². The molecule has 7 nitrogen and oxygen atoms in total. The maximum absolute atomic E-state index is 11.6. The van der Waals surface area contributed by atoms with Crippen LogP contribution >= 0.6 is 11.8 Å². The van der Waals surface area contributed by atoms with Gasteiger partial charge in [0.15, 0.2) is 5.17 Å². The van der Waals surface area contributed by atoms with Crippen LogP contribution in [-0.2, 0) is 9.59 Å². The van der Waals surface area contributed by atoms with Crippen LogP contribution in [0.2, 0.25) is 0 Å². The Morgan fingerprint density at radius 3 is 2.68 bits per heavy atom. The monoisotopic (exact) mass is 363 g/mol. The Hall–Kier alpha value is -2.35. The molecule has 1 fully saturated rings.